The number of ether oxygens (including phenoxy) is 1. The Balaban J connectivity index is 1.54. The molecule has 4 rings (SSSR count). The number of aryl methyl sites for hydroxylation is 1. The Hall–Kier alpha value is -3.15. The molecule has 1 atom stereocenters. The van der Waals surface area contributed by atoms with Gasteiger partial charge in [-0.2, -0.15) is 0 Å². The van der Waals surface area contributed by atoms with E-state index in [4.69, 9.17) is 14.1 Å². The Labute approximate surface area is 164 Å². The largest absolute Gasteiger partial charge is 0.497 e. The zero-order chi connectivity index (χ0) is 19.5. The SMILES string of the molecule is COc1cccc(-c2cccc([C@@H]3CCCN(C(=O)c4coc(C)n4)C3)n2)c1. The summed E-state index contributed by atoms with van der Waals surface area (Å²) in [6, 6.07) is 14.0. The van der Waals surface area contributed by atoms with Crippen molar-refractivity contribution in [3.63, 3.8) is 0 Å². The van der Waals surface area contributed by atoms with E-state index in [-0.39, 0.29) is 11.8 Å². The molecule has 1 amide bonds. The van der Waals surface area contributed by atoms with Gasteiger partial charge in [0.2, 0.25) is 0 Å². The first kappa shape index (κ1) is 18.2. The van der Waals surface area contributed by atoms with Gasteiger partial charge in [-0.25, -0.2) is 4.98 Å². The molecule has 0 aliphatic carbocycles. The number of methoxy groups -OCH3 is 1. The van der Waals surface area contributed by atoms with E-state index < -0.39 is 0 Å². The molecule has 1 aliphatic heterocycles. The molecule has 0 unspecified atom stereocenters. The summed E-state index contributed by atoms with van der Waals surface area (Å²) in [5.74, 6) is 1.44. The standard InChI is InChI=1S/C22H23N3O3/c1-15-23-21(14-28-15)22(26)25-11-5-7-17(13-25)20-10-4-9-19(24-20)16-6-3-8-18(12-16)27-2/h3-4,6,8-10,12,14,17H,5,7,11,13H2,1-2H3/t17-/m1/s1. The number of benzene rings is 1. The molecule has 6 nitrogen and oxygen atoms in total. The van der Waals surface area contributed by atoms with Crippen LogP contribution in [0.1, 0.15) is 40.8 Å². The average molecular weight is 377 g/mol. The summed E-state index contributed by atoms with van der Waals surface area (Å²) in [7, 11) is 1.66. The van der Waals surface area contributed by atoms with E-state index in [0.717, 1.165) is 42.1 Å². The molecule has 0 N–H and O–H groups in total. The zero-order valence-corrected chi connectivity index (χ0v) is 16.1. The number of aromatic nitrogens is 2. The average Bonchev–Trinajstić information content (AvgIpc) is 3.19. The third-order valence-electron chi connectivity index (χ3n) is 5.10. The lowest BCUT2D eigenvalue weighted by molar-refractivity contribution is 0.0700. The highest BCUT2D eigenvalue weighted by Gasteiger charge is 2.27. The molecule has 0 bridgehead atoms. The van der Waals surface area contributed by atoms with Gasteiger partial charge in [0.1, 0.15) is 12.0 Å². The first-order chi connectivity index (χ1) is 13.6. The summed E-state index contributed by atoms with van der Waals surface area (Å²) >= 11 is 0. The first-order valence-electron chi connectivity index (χ1n) is 9.47. The number of carbonyl (C=O) groups excluding carboxylic acids is 1. The number of nitrogens with zero attached hydrogens (tertiary/aromatic N) is 3. The third-order valence-corrected chi connectivity index (χ3v) is 5.10. The normalized spacial score (nSPS) is 16.8. The summed E-state index contributed by atoms with van der Waals surface area (Å²) in [4.78, 5) is 23.6. The smallest absolute Gasteiger partial charge is 0.275 e. The van der Waals surface area contributed by atoms with Gasteiger partial charge in [0, 0.05) is 37.2 Å². The van der Waals surface area contributed by atoms with Crippen LogP contribution in [0.5, 0.6) is 5.75 Å². The second kappa shape index (κ2) is 7.84. The van der Waals surface area contributed by atoms with Crippen LogP contribution in [0, 0.1) is 6.92 Å². The Morgan fingerprint density at radius 3 is 2.86 bits per heavy atom. The number of piperidine rings is 1. The highest BCUT2D eigenvalue weighted by molar-refractivity contribution is 5.92. The van der Waals surface area contributed by atoms with E-state index in [1.165, 1.54) is 6.26 Å². The van der Waals surface area contributed by atoms with Crippen molar-refractivity contribution in [1.82, 2.24) is 14.9 Å². The molecule has 2 aromatic heterocycles. The fourth-order valence-corrected chi connectivity index (χ4v) is 3.65. The quantitative estimate of drug-likeness (QED) is 0.685. The van der Waals surface area contributed by atoms with Crippen LogP contribution >= 0.6 is 0 Å². The van der Waals surface area contributed by atoms with Crippen LogP contribution in [0.15, 0.2) is 53.1 Å². The van der Waals surface area contributed by atoms with Gasteiger partial charge in [-0.15, -0.1) is 0 Å². The highest BCUT2D eigenvalue weighted by Crippen LogP contribution is 2.29. The summed E-state index contributed by atoms with van der Waals surface area (Å²) in [6.07, 6.45) is 3.39. The molecule has 1 aromatic carbocycles. The topological polar surface area (TPSA) is 68.5 Å². The maximum Gasteiger partial charge on any atom is 0.275 e. The van der Waals surface area contributed by atoms with Crippen molar-refractivity contribution in [2.75, 3.05) is 20.2 Å². The van der Waals surface area contributed by atoms with Gasteiger partial charge in [0.25, 0.3) is 5.91 Å². The van der Waals surface area contributed by atoms with Gasteiger partial charge in [-0.05, 0) is 37.1 Å². The Kier molecular flexibility index (Phi) is 5.10. The van der Waals surface area contributed by atoms with Crippen LogP contribution in [0.25, 0.3) is 11.3 Å². The van der Waals surface area contributed by atoms with Crippen LogP contribution in [0.4, 0.5) is 0 Å². The van der Waals surface area contributed by atoms with Gasteiger partial charge in [-0.3, -0.25) is 9.78 Å². The van der Waals surface area contributed by atoms with Gasteiger partial charge in [0.05, 0.1) is 12.8 Å². The van der Waals surface area contributed by atoms with Gasteiger partial charge >= 0.3 is 0 Å². The number of amides is 1. The minimum absolute atomic E-state index is 0.0782. The van der Waals surface area contributed by atoms with E-state index in [2.05, 4.69) is 4.98 Å². The lowest BCUT2D eigenvalue weighted by Gasteiger charge is -2.32. The maximum absolute atomic E-state index is 12.7. The van der Waals surface area contributed by atoms with E-state index in [9.17, 15) is 4.79 Å². The fraction of sp³-hybridized carbons (Fsp3) is 0.318. The van der Waals surface area contributed by atoms with E-state index in [0.29, 0.717) is 18.1 Å². The van der Waals surface area contributed by atoms with Crippen LogP contribution in [-0.2, 0) is 0 Å². The highest BCUT2D eigenvalue weighted by atomic mass is 16.5. The van der Waals surface area contributed by atoms with Crippen LogP contribution in [0.3, 0.4) is 0 Å². The Morgan fingerprint density at radius 1 is 1.21 bits per heavy atom. The number of likely N-dealkylation sites (tertiary alicyclic amines) is 1. The van der Waals surface area contributed by atoms with E-state index in [1.807, 2.05) is 47.4 Å². The predicted molar refractivity (Wildman–Crippen MR) is 105 cm³/mol. The van der Waals surface area contributed by atoms with Crippen molar-refractivity contribution in [2.24, 2.45) is 0 Å². The molecule has 0 spiro atoms. The predicted octanol–water partition coefficient (Wildman–Crippen LogP) is 4.07. The minimum Gasteiger partial charge on any atom is -0.497 e. The zero-order valence-electron chi connectivity index (χ0n) is 16.1. The molecular weight excluding hydrogens is 354 g/mol. The molecule has 0 radical (unpaired) electrons. The monoisotopic (exact) mass is 377 g/mol. The van der Waals surface area contributed by atoms with Crippen LogP contribution in [0.2, 0.25) is 0 Å². The maximum atomic E-state index is 12.7. The molecule has 6 heteroatoms. The number of hydrogen-bond acceptors (Lipinski definition) is 5. The molecule has 3 aromatic rings. The molecule has 0 saturated carbocycles. The molecular formula is C22H23N3O3. The van der Waals surface area contributed by atoms with Crippen molar-refractivity contribution in [3.05, 3.63) is 66.0 Å². The molecule has 144 valence electrons. The Bertz CT molecular complexity index is 982. The summed E-state index contributed by atoms with van der Waals surface area (Å²) in [5, 5.41) is 0. The van der Waals surface area contributed by atoms with Gasteiger partial charge in [-0.1, -0.05) is 18.2 Å². The number of carbonyl (C=O) groups is 1. The van der Waals surface area contributed by atoms with Crippen LogP contribution in [-0.4, -0.2) is 41.0 Å². The lowest BCUT2D eigenvalue weighted by atomic mass is 9.93. The number of hydrogen-bond donors (Lipinski definition) is 0. The second-order valence-electron chi connectivity index (χ2n) is 7.02. The van der Waals surface area contributed by atoms with Gasteiger partial charge in [0.15, 0.2) is 11.6 Å². The lowest BCUT2D eigenvalue weighted by Crippen LogP contribution is -2.39. The number of oxazole rings is 1. The summed E-state index contributed by atoms with van der Waals surface area (Å²) in [6.45, 7) is 3.11. The van der Waals surface area contributed by atoms with E-state index >= 15 is 0 Å². The molecule has 28 heavy (non-hydrogen) atoms. The van der Waals surface area contributed by atoms with Crippen molar-refractivity contribution >= 4 is 5.91 Å². The molecule has 1 saturated heterocycles. The molecule has 1 fully saturated rings. The summed E-state index contributed by atoms with van der Waals surface area (Å²) < 4.78 is 10.5. The van der Waals surface area contributed by atoms with Crippen molar-refractivity contribution in [2.45, 2.75) is 25.7 Å². The van der Waals surface area contributed by atoms with Gasteiger partial charge < -0.3 is 14.1 Å². The van der Waals surface area contributed by atoms with Crippen molar-refractivity contribution in [1.29, 1.82) is 0 Å². The van der Waals surface area contributed by atoms with E-state index in [1.54, 1.807) is 14.0 Å². The molecule has 1 aliphatic rings. The number of rotatable bonds is 4. The fourth-order valence-electron chi connectivity index (χ4n) is 3.65. The van der Waals surface area contributed by atoms with Crippen molar-refractivity contribution < 1.29 is 13.9 Å². The van der Waals surface area contributed by atoms with Crippen molar-refractivity contribution in [3.8, 4) is 17.0 Å². The summed E-state index contributed by atoms with van der Waals surface area (Å²) in [5.41, 5.74) is 3.31. The first-order valence-corrected chi connectivity index (χ1v) is 9.47. The minimum atomic E-state index is -0.0782. The molecule has 3 heterocycles. The third kappa shape index (κ3) is 3.76. The Morgan fingerprint density at radius 2 is 2.07 bits per heavy atom. The second-order valence-corrected chi connectivity index (χ2v) is 7.02. The van der Waals surface area contributed by atoms with Crippen LogP contribution < -0.4 is 4.74 Å². The number of pyridine rings is 1.